The lowest BCUT2D eigenvalue weighted by molar-refractivity contribution is -0.146. The van der Waals surface area contributed by atoms with Gasteiger partial charge in [-0.25, -0.2) is 4.79 Å². The van der Waals surface area contributed by atoms with E-state index in [1.54, 1.807) is 6.92 Å². The Morgan fingerprint density at radius 3 is 2.33 bits per heavy atom. The number of carbonyl (C=O) groups excluding carboxylic acids is 3. The number of likely N-dealkylation sites (tertiary alicyclic amines) is 1. The van der Waals surface area contributed by atoms with Crippen LogP contribution >= 0.6 is 0 Å². The highest BCUT2D eigenvalue weighted by Crippen LogP contribution is 2.21. The van der Waals surface area contributed by atoms with Crippen LogP contribution in [0.2, 0.25) is 0 Å². The number of hydrogen-bond acceptors (Lipinski definition) is 6. The molecule has 0 spiro atoms. The van der Waals surface area contributed by atoms with Crippen molar-refractivity contribution in [1.82, 2.24) is 15.5 Å². The van der Waals surface area contributed by atoms with E-state index in [9.17, 15) is 24.3 Å². The van der Waals surface area contributed by atoms with E-state index < -0.39 is 42.0 Å². The van der Waals surface area contributed by atoms with Gasteiger partial charge >= 0.3 is 5.97 Å². The molecular weight excluding hydrogens is 426 g/mol. The van der Waals surface area contributed by atoms with Crippen molar-refractivity contribution in [3.8, 4) is 0 Å². The minimum atomic E-state index is -1.10. The molecule has 1 aliphatic heterocycles. The Kier molecular flexibility index (Phi) is 12.4. The predicted molar refractivity (Wildman–Crippen MR) is 126 cm³/mol. The number of nitrogens with zero attached hydrogens (tertiary/aromatic N) is 1. The van der Waals surface area contributed by atoms with Crippen LogP contribution in [0.5, 0.6) is 0 Å². The topological polar surface area (TPSA) is 168 Å². The molecule has 0 aromatic heterocycles. The summed E-state index contributed by atoms with van der Waals surface area (Å²) in [6, 6.07) is -3.31. The quantitative estimate of drug-likeness (QED) is 0.232. The van der Waals surface area contributed by atoms with Crippen LogP contribution in [0.25, 0.3) is 0 Å². The molecule has 33 heavy (non-hydrogen) atoms. The van der Waals surface area contributed by atoms with Crippen LogP contribution in [0.15, 0.2) is 0 Å². The SMILES string of the molecule is CCC(C)C(NC(=O)C1CCCN1C(=O)C(CCCCN)NC(=O)C(N)CC(C)C)C(=O)O. The third-order valence-corrected chi connectivity index (χ3v) is 6.24. The van der Waals surface area contributed by atoms with E-state index in [0.717, 1.165) is 0 Å². The van der Waals surface area contributed by atoms with E-state index in [1.807, 2.05) is 20.8 Å². The number of nitrogens with two attached hydrogens (primary N) is 2. The van der Waals surface area contributed by atoms with Crippen LogP contribution in [0.3, 0.4) is 0 Å². The lowest BCUT2D eigenvalue weighted by Crippen LogP contribution is -2.57. The molecule has 0 aliphatic carbocycles. The van der Waals surface area contributed by atoms with Crippen molar-refractivity contribution in [1.29, 1.82) is 0 Å². The van der Waals surface area contributed by atoms with E-state index in [4.69, 9.17) is 11.5 Å². The second-order valence-corrected chi connectivity index (χ2v) is 9.48. The summed E-state index contributed by atoms with van der Waals surface area (Å²) in [5, 5.41) is 14.9. The number of carboxylic acid groups (broad SMARTS) is 1. The van der Waals surface area contributed by atoms with Crippen molar-refractivity contribution < 1.29 is 24.3 Å². The molecule has 10 nitrogen and oxygen atoms in total. The van der Waals surface area contributed by atoms with E-state index in [0.29, 0.717) is 58.0 Å². The zero-order valence-electron chi connectivity index (χ0n) is 20.5. The second-order valence-electron chi connectivity index (χ2n) is 9.48. The third kappa shape index (κ3) is 8.92. The average Bonchev–Trinajstić information content (AvgIpc) is 3.24. The van der Waals surface area contributed by atoms with Crippen LogP contribution in [0, 0.1) is 11.8 Å². The summed E-state index contributed by atoms with van der Waals surface area (Å²) in [4.78, 5) is 52.0. The van der Waals surface area contributed by atoms with Gasteiger partial charge in [0, 0.05) is 6.54 Å². The van der Waals surface area contributed by atoms with Crippen molar-refractivity contribution in [2.45, 2.75) is 96.8 Å². The van der Waals surface area contributed by atoms with Crippen molar-refractivity contribution in [2.75, 3.05) is 13.1 Å². The lowest BCUT2D eigenvalue weighted by Gasteiger charge is -2.30. The molecule has 0 saturated carbocycles. The monoisotopic (exact) mass is 469 g/mol. The molecule has 1 heterocycles. The van der Waals surface area contributed by atoms with Gasteiger partial charge in [-0.15, -0.1) is 0 Å². The zero-order chi connectivity index (χ0) is 25.1. The second kappa shape index (κ2) is 14.1. The van der Waals surface area contributed by atoms with Gasteiger partial charge in [-0.05, 0) is 56.9 Å². The minimum absolute atomic E-state index is 0.233. The number of carboxylic acids is 1. The number of nitrogens with one attached hydrogen (secondary N) is 2. The molecule has 3 amide bonds. The predicted octanol–water partition coefficient (Wildman–Crippen LogP) is 0.580. The maximum absolute atomic E-state index is 13.4. The third-order valence-electron chi connectivity index (χ3n) is 6.24. The summed E-state index contributed by atoms with van der Waals surface area (Å²) in [5.41, 5.74) is 11.6. The molecule has 0 radical (unpaired) electrons. The molecular formula is C23H43N5O5. The van der Waals surface area contributed by atoms with Crippen molar-refractivity contribution in [2.24, 2.45) is 23.3 Å². The van der Waals surface area contributed by atoms with Gasteiger partial charge < -0.3 is 32.1 Å². The highest BCUT2D eigenvalue weighted by atomic mass is 16.4. The van der Waals surface area contributed by atoms with Gasteiger partial charge in [-0.3, -0.25) is 14.4 Å². The molecule has 10 heteroatoms. The molecule has 190 valence electrons. The maximum atomic E-state index is 13.4. The summed E-state index contributed by atoms with van der Waals surface area (Å²) >= 11 is 0. The first-order valence-corrected chi connectivity index (χ1v) is 12.1. The normalized spacial score (nSPS) is 19.6. The Hall–Kier alpha value is -2.20. The Morgan fingerprint density at radius 1 is 1.12 bits per heavy atom. The fourth-order valence-electron chi connectivity index (χ4n) is 4.08. The maximum Gasteiger partial charge on any atom is 0.326 e. The van der Waals surface area contributed by atoms with Crippen LogP contribution in [0.1, 0.15) is 72.6 Å². The van der Waals surface area contributed by atoms with Crippen molar-refractivity contribution in [3.05, 3.63) is 0 Å². The molecule has 1 fully saturated rings. The largest absolute Gasteiger partial charge is 0.480 e. The number of hydrogen-bond donors (Lipinski definition) is 5. The highest BCUT2D eigenvalue weighted by molar-refractivity contribution is 5.94. The highest BCUT2D eigenvalue weighted by Gasteiger charge is 2.39. The molecule has 7 N–H and O–H groups in total. The standard InChI is InChI=1S/C23H43N5O5/c1-5-15(4)19(23(32)33)27-21(30)18-10-8-12-28(18)22(31)17(9-6-7-11-24)26-20(29)16(25)13-14(2)3/h14-19H,5-13,24-25H2,1-4H3,(H,26,29)(H,27,30)(H,32,33). The molecule has 0 aromatic carbocycles. The minimum Gasteiger partial charge on any atom is -0.480 e. The Bertz CT molecular complexity index is 672. The number of aliphatic carboxylic acids is 1. The first-order valence-electron chi connectivity index (χ1n) is 12.1. The summed E-state index contributed by atoms with van der Waals surface area (Å²) in [7, 11) is 0. The lowest BCUT2D eigenvalue weighted by atomic mass is 9.98. The molecule has 1 aliphatic rings. The van der Waals surface area contributed by atoms with Crippen LogP contribution in [0.4, 0.5) is 0 Å². The number of unbranched alkanes of at least 4 members (excludes halogenated alkanes) is 1. The van der Waals surface area contributed by atoms with Gasteiger partial charge in [-0.1, -0.05) is 34.1 Å². The average molecular weight is 470 g/mol. The summed E-state index contributed by atoms with van der Waals surface area (Å²) in [6.45, 7) is 8.40. The summed E-state index contributed by atoms with van der Waals surface area (Å²) in [5.74, 6) is -2.32. The molecule has 0 bridgehead atoms. The van der Waals surface area contributed by atoms with Crippen LogP contribution in [-0.4, -0.2) is 71.0 Å². The molecule has 0 aromatic rings. The Morgan fingerprint density at radius 2 is 1.79 bits per heavy atom. The molecule has 1 rings (SSSR count). The van der Waals surface area contributed by atoms with Crippen LogP contribution < -0.4 is 22.1 Å². The van der Waals surface area contributed by atoms with Gasteiger partial charge in [-0.2, -0.15) is 0 Å². The molecule has 5 unspecified atom stereocenters. The first kappa shape index (κ1) is 28.8. The van der Waals surface area contributed by atoms with E-state index in [2.05, 4.69) is 10.6 Å². The molecule has 1 saturated heterocycles. The van der Waals surface area contributed by atoms with Gasteiger partial charge in [0.05, 0.1) is 6.04 Å². The van der Waals surface area contributed by atoms with Crippen LogP contribution in [-0.2, 0) is 19.2 Å². The van der Waals surface area contributed by atoms with E-state index in [1.165, 1.54) is 4.90 Å². The summed E-state index contributed by atoms with van der Waals surface area (Å²) in [6.07, 6.45) is 3.91. The fraction of sp³-hybridized carbons (Fsp3) is 0.826. The Balaban J connectivity index is 2.96. The molecule has 5 atom stereocenters. The smallest absolute Gasteiger partial charge is 0.326 e. The van der Waals surface area contributed by atoms with Crippen molar-refractivity contribution in [3.63, 3.8) is 0 Å². The van der Waals surface area contributed by atoms with E-state index >= 15 is 0 Å². The summed E-state index contributed by atoms with van der Waals surface area (Å²) < 4.78 is 0. The van der Waals surface area contributed by atoms with Gasteiger partial charge in [0.1, 0.15) is 18.1 Å². The Labute approximate surface area is 197 Å². The first-order chi connectivity index (χ1) is 15.5. The van der Waals surface area contributed by atoms with Gasteiger partial charge in [0.15, 0.2) is 0 Å². The van der Waals surface area contributed by atoms with E-state index in [-0.39, 0.29) is 17.7 Å². The number of rotatable bonds is 14. The number of carbonyl (C=O) groups is 4. The van der Waals surface area contributed by atoms with Gasteiger partial charge in [0.2, 0.25) is 17.7 Å². The zero-order valence-corrected chi connectivity index (χ0v) is 20.5. The number of amides is 3. The fourth-order valence-corrected chi connectivity index (χ4v) is 4.08. The van der Waals surface area contributed by atoms with Gasteiger partial charge in [0.25, 0.3) is 0 Å². The van der Waals surface area contributed by atoms with Crippen molar-refractivity contribution >= 4 is 23.7 Å².